The zero-order valence-electron chi connectivity index (χ0n) is 11.4. The van der Waals surface area contributed by atoms with Gasteiger partial charge >= 0.3 is 5.97 Å². The molecule has 0 fully saturated rings. The van der Waals surface area contributed by atoms with Gasteiger partial charge < -0.3 is 9.84 Å². The van der Waals surface area contributed by atoms with E-state index in [2.05, 4.69) is 27.2 Å². The van der Waals surface area contributed by atoms with Crippen molar-refractivity contribution in [1.29, 1.82) is 0 Å². The Morgan fingerprint density at radius 1 is 1.48 bits per heavy atom. The van der Waals surface area contributed by atoms with Crippen LogP contribution >= 0.6 is 15.9 Å². The minimum atomic E-state index is -3.81. The summed E-state index contributed by atoms with van der Waals surface area (Å²) >= 11 is 3.04. The lowest BCUT2D eigenvalue weighted by Gasteiger charge is -2.11. The lowest BCUT2D eigenvalue weighted by molar-refractivity contribution is 0.0692. The number of hydrogen-bond acceptors (Lipinski definition) is 4. The number of ether oxygens (including phenoxy) is 1. The number of carboxylic acids is 1. The fourth-order valence-electron chi connectivity index (χ4n) is 1.44. The molecule has 0 radical (unpaired) electrons. The van der Waals surface area contributed by atoms with Crippen LogP contribution in [0.25, 0.3) is 0 Å². The van der Waals surface area contributed by atoms with Crippen LogP contribution < -0.4 is 9.46 Å². The van der Waals surface area contributed by atoms with Crippen molar-refractivity contribution < 1.29 is 23.1 Å². The summed E-state index contributed by atoms with van der Waals surface area (Å²) in [5, 5.41) is 9.16. The second kappa shape index (κ2) is 7.58. The van der Waals surface area contributed by atoms with E-state index in [0.717, 1.165) is 6.07 Å². The maximum Gasteiger partial charge on any atom is 0.339 e. The fourth-order valence-corrected chi connectivity index (χ4v) is 2.81. The number of nitrogens with one attached hydrogen (secondary N) is 1. The molecule has 0 atom stereocenters. The highest BCUT2D eigenvalue weighted by molar-refractivity contribution is 9.11. The van der Waals surface area contributed by atoms with Crippen molar-refractivity contribution in [3.05, 3.63) is 34.8 Å². The van der Waals surface area contributed by atoms with Gasteiger partial charge in [-0.05, 0) is 24.6 Å². The third-order valence-electron chi connectivity index (χ3n) is 2.41. The summed E-state index contributed by atoms with van der Waals surface area (Å²) in [5.74, 6) is -1.10. The van der Waals surface area contributed by atoms with Crippen LogP contribution in [0.4, 0.5) is 0 Å². The largest absolute Gasteiger partial charge is 0.493 e. The van der Waals surface area contributed by atoms with Gasteiger partial charge in [-0.3, -0.25) is 0 Å². The van der Waals surface area contributed by atoms with Crippen molar-refractivity contribution in [2.24, 2.45) is 0 Å². The van der Waals surface area contributed by atoms with Crippen LogP contribution in [0.2, 0.25) is 0 Å². The van der Waals surface area contributed by atoms with E-state index in [1.54, 1.807) is 0 Å². The van der Waals surface area contributed by atoms with Gasteiger partial charge in [-0.2, -0.15) is 0 Å². The molecule has 0 aromatic heterocycles. The standard InChI is InChI=1S/C13H16BrNO5S/c1-3-6-20-12-5-4-10(7-11(12)13(16)17)21(18,19)15-8-9(2)14/h4-5,7,15H,2-3,6,8H2,1H3,(H,16,17). The van der Waals surface area contributed by atoms with Crippen LogP contribution in [0.15, 0.2) is 34.2 Å². The van der Waals surface area contributed by atoms with Crippen molar-refractivity contribution in [2.45, 2.75) is 18.2 Å². The summed E-state index contributed by atoms with van der Waals surface area (Å²) in [6, 6.07) is 3.72. The third-order valence-corrected chi connectivity index (χ3v) is 4.09. The van der Waals surface area contributed by atoms with Crippen molar-refractivity contribution in [2.75, 3.05) is 13.2 Å². The van der Waals surface area contributed by atoms with Gasteiger partial charge in [-0.25, -0.2) is 17.9 Å². The second-order valence-electron chi connectivity index (χ2n) is 4.15. The molecule has 0 aliphatic carbocycles. The molecular weight excluding hydrogens is 362 g/mol. The average Bonchev–Trinajstić information content (AvgIpc) is 2.42. The van der Waals surface area contributed by atoms with Crippen LogP contribution in [0.1, 0.15) is 23.7 Å². The summed E-state index contributed by atoms with van der Waals surface area (Å²) < 4.78 is 32.1. The Labute approximate surface area is 132 Å². The van der Waals surface area contributed by atoms with E-state index in [1.807, 2.05) is 6.92 Å². The maximum atomic E-state index is 12.0. The number of hydrogen-bond donors (Lipinski definition) is 2. The van der Waals surface area contributed by atoms with E-state index in [0.29, 0.717) is 17.5 Å². The molecular formula is C13H16BrNO5S. The molecule has 0 saturated carbocycles. The molecule has 1 rings (SSSR count). The van der Waals surface area contributed by atoms with E-state index in [9.17, 15) is 13.2 Å². The lowest BCUT2D eigenvalue weighted by Crippen LogP contribution is -2.25. The monoisotopic (exact) mass is 377 g/mol. The highest BCUT2D eigenvalue weighted by Gasteiger charge is 2.19. The number of benzene rings is 1. The first-order valence-electron chi connectivity index (χ1n) is 6.11. The molecule has 6 nitrogen and oxygen atoms in total. The van der Waals surface area contributed by atoms with Crippen molar-refractivity contribution >= 4 is 31.9 Å². The van der Waals surface area contributed by atoms with Crippen molar-refractivity contribution in [3.63, 3.8) is 0 Å². The normalized spacial score (nSPS) is 11.1. The first-order valence-corrected chi connectivity index (χ1v) is 8.38. The van der Waals surface area contributed by atoms with Gasteiger partial charge in [-0.1, -0.05) is 29.4 Å². The van der Waals surface area contributed by atoms with Crippen molar-refractivity contribution in [3.8, 4) is 5.75 Å². The van der Waals surface area contributed by atoms with Crippen LogP contribution in [0.3, 0.4) is 0 Å². The van der Waals surface area contributed by atoms with Gasteiger partial charge in [0.2, 0.25) is 10.0 Å². The van der Waals surface area contributed by atoms with Gasteiger partial charge in [0.15, 0.2) is 0 Å². The first kappa shape index (κ1) is 17.7. The minimum Gasteiger partial charge on any atom is -0.493 e. The summed E-state index contributed by atoms with van der Waals surface area (Å²) in [6.07, 6.45) is 0.716. The van der Waals surface area contributed by atoms with Gasteiger partial charge in [-0.15, -0.1) is 0 Å². The topological polar surface area (TPSA) is 92.7 Å². The quantitative estimate of drug-likeness (QED) is 0.725. The Morgan fingerprint density at radius 2 is 2.14 bits per heavy atom. The zero-order chi connectivity index (χ0) is 16.0. The van der Waals surface area contributed by atoms with E-state index < -0.39 is 16.0 Å². The summed E-state index contributed by atoms with van der Waals surface area (Å²) in [4.78, 5) is 11.1. The lowest BCUT2D eigenvalue weighted by atomic mass is 10.2. The molecule has 0 amide bonds. The molecule has 0 unspecified atom stereocenters. The average molecular weight is 378 g/mol. The highest BCUT2D eigenvalue weighted by atomic mass is 79.9. The molecule has 8 heteroatoms. The number of aromatic carboxylic acids is 1. The Bertz CT molecular complexity index is 642. The summed E-state index contributed by atoms with van der Waals surface area (Å²) in [7, 11) is -3.81. The molecule has 0 saturated heterocycles. The fraction of sp³-hybridized carbons (Fsp3) is 0.308. The maximum absolute atomic E-state index is 12.0. The van der Waals surface area contributed by atoms with E-state index in [4.69, 9.17) is 9.84 Å². The number of halogens is 1. The van der Waals surface area contributed by atoms with E-state index >= 15 is 0 Å². The van der Waals surface area contributed by atoms with E-state index in [1.165, 1.54) is 12.1 Å². The molecule has 1 aromatic carbocycles. The number of rotatable bonds is 8. The molecule has 116 valence electrons. The Morgan fingerprint density at radius 3 is 2.67 bits per heavy atom. The molecule has 0 spiro atoms. The zero-order valence-corrected chi connectivity index (χ0v) is 13.8. The van der Waals surface area contributed by atoms with Crippen LogP contribution in [0, 0.1) is 0 Å². The molecule has 1 aromatic rings. The molecule has 0 aliphatic heterocycles. The SMILES string of the molecule is C=C(Br)CNS(=O)(=O)c1ccc(OCCC)c(C(=O)O)c1. The molecule has 0 bridgehead atoms. The van der Waals surface area contributed by atoms with Gasteiger partial charge in [0.1, 0.15) is 11.3 Å². The third kappa shape index (κ3) is 5.14. The smallest absolute Gasteiger partial charge is 0.339 e. The number of carboxylic acid groups (broad SMARTS) is 1. The van der Waals surface area contributed by atoms with Crippen LogP contribution in [0.5, 0.6) is 5.75 Å². The predicted octanol–water partition coefficient (Wildman–Crippen LogP) is 2.36. The predicted molar refractivity (Wildman–Crippen MR) is 82.4 cm³/mol. The second-order valence-corrected chi connectivity index (χ2v) is 7.04. The van der Waals surface area contributed by atoms with Gasteiger partial charge in [0.25, 0.3) is 0 Å². The number of carbonyl (C=O) groups is 1. The van der Waals surface area contributed by atoms with E-state index in [-0.39, 0.29) is 22.8 Å². The van der Waals surface area contributed by atoms with Crippen molar-refractivity contribution in [1.82, 2.24) is 4.72 Å². The molecule has 2 N–H and O–H groups in total. The Balaban J connectivity index is 3.13. The Kier molecular flexibility index (Phi) is 6.38. The minimum absolute atomic E-state index is 0.0127. The van der Waals surface area contributed by atoms with Gasteiger partial charge in [0.05, 0.1) is 11.5 Å². The number of sulfonamides is 1. The Hall–Kier alpha value is -1.38. The molecule has 0 aliphatic rings. The summed E-state index contributed by atoms with van der Waals surface area (Å²) in [5.41, 5.74) is -0.191. The molecule has 21 heavy (non-hydrogen) atoms. The van der Waals surface area contributed by atoms with Gasteiger partial charge in [0, 0.05) is 11.0 Å². The summed E-state index contributed by atoms with van der Waals surface area (Å²) in [6.45, 7) is 5.77. The first-order chi connectivity index (χ1) is 9.77. The highest BCUT2D eigenvalue weighted by Crippen LogP contribution is 2.23. The van der Waals surface area contributed by atoms with Crippen LogP contribution in [-0.4, -0.2) is 32.6 Å². The van der Waals surface area contributed by atoms with Crippen LogP contribution in [-0.2, 0) is 10.0 Å². The molecule has 0 heterocycles.